The molecule has 0 bridgehead atoms. The van der Waals surface area contributed by atoms with Crippen LogP contribution in [0.15, 0.2) is 12.1 Å². The molecule has 1 aliphatic heterocycles. The van der Waals surface area contributed by atoms with Crippen molar-refractivity contribution in [3.05, 3.63) is 23.5 Å². The van der Waals surface area contributed by atoms with Gasteiger partial charge in [-0.15, -0.1) is 0 Å². The zero-order chi connectivity index (χ0) is 13.1. The number of hydrogen-bond donors (Lipinski definition) is 1. The van der Waals surface area contributed by atoms with Gasteiger partial charge in [-0.2, -0.15) is 0 Å². The molecule has 0 radical (unpaired) electrons. The first kappa shape index (κ1) is 13.1. The van der Waals surface area contributed by atoms with E-state index in [1.54, 1.807) is 0 Å². The lowest BCUT2D eigenvalue weighted by molar-refractivity contribution is 0.0682. The minimum Gasteiger partial charge on any atom is -0.344 e. The van der Waals surface area contributed by atoms with Crippen molar-refractivity contribution in [2.45, 2.75) is 32.7 Å². The van der Waals surface area contributed by atoms with Crippen LogP contribution in [0.2, 0.25) is 0 Å². The van der Waals surface area contributed by atoms with Gasteiger partial charge in [-0.1, -0.05) is 6.92 Å². The molecule has 0 saturated carbocycles. The molecule has 1 saturated heterocycles. The van der Waals surface area contributed by atoms with Gasteiger partial charge < -0.3 is 14.8 Å². The maximum Gasteiger partial charge on any atom is 0.270 e. The third-order valence-electron chi connectivity index (χ3n) is 3.79. The van der Waals surface area contributed by atoms with Crippen molar-refractivity contribution in [3.63, 3.8) is 0 Å². The second-order valence-electron chi connectivity index (χ2n) is 5.06. The lowest BCUT2D eigenvalue weighted by Gasteiger charge is -2.28. The van der Waals surface area contributed by atoms with Crippen LogP contribution in [0.1, 0.15) is 35.9 Å². The Balaban J connectivity index is 2.19. The minimum absolute atomic E-state index is 0.168. The van der Waals surface area contributed by atoms with Gasteiger partial charge >= 0.3 is 0 Å². The zero-order valence-corrected chi connectivity index (χ0v) is 11.6. The van der Waals surface area contributed by atoms with Crippen molar-refractivity contribution in [2.75, 3.05) is 19.6 Å². The van der Waals surface area contributed by atoms with Crippen LogP contribution in [0, 0.1) is 6.92 Å². The van der Waals surface area contributed by atoms with Crippen molar-refractivity contribution < 1.29 is 4.79 Å². The number of carbonyl (C=O) groups excluding carboxylic acids is 1. The van der Waals surface area contributed by atoms with Crippen LogP contribution in [0.5, 0.6) is 0 Å². The molecule has 1 aromatic rings. The molecule has 100 valence electrons. The molecule has 1 atom stereocenters. The van der Waals surface area contributed by atoms with Gasteiger partial charge in [-0.05, 0) is 38.4 Å². The summed E-state index contributed by atoms with van der Waals surface area (Å²) in [7, 11) is 1.96. The smallest absolute Gasteiger partial charge is 0.270 e. The van der Waals surface area contributed by atoms with Crippen LogP contribution in [-0.4, -0.2) is 41.1 Å². The van der Waals surface area contributed by atoms with Crippen LogP contribution in [0.4, 0.5) is 0 Å². The molecule has 1 fully saturated rings. The quantitative estimate of drug-likeness (QED) is 0.879. The standard InChI is InChI=1S/C14H23N3O/c1-4-9-17(12-7-8-15-10-12)14(18)13-6-5-11(2)16(13)3/h5-6,12,15H,4,7-10H2,1-3H3. The summed E-state index contributed by atoms with van der Waals surface area (Å²) in [4.78, 5) is 14.7. The Kier molecular flexibility index (Phi) is 4.07. The fourth-order valence-electron chi connectivity index (χ4n) is 2.57. The van der Waals surface area contributed by atoms with Gasteiger partial charge in [0.2, 0.25) is 0 Å². The zero-order valence-electron chi connectivity index (χ0n) is 11.6. The van der Waals surface area contributed by atoms with E-state index in [-0.39, 0.29) is 5.91 Å². The number of aryl methyl sites for hydroxylation is 1. The number of carbonyl (C=O) groups is 1. The van der Waals surface area contributed by atoms with Crippen LogP contribution in [-0.2, 0) is 7.05 Å². The topological polar surface area (TPSA) is 37.3 Å². The molecule has 4 nitrogen and oxygen atoms in total. The average Bonchev–Trinajstić information content (AvgIpc) is 2.98. The molecule has 0 aromatic carbocycles. The summed E-state index contributed by atoms with van der Waals surface area (Å²) in [5.74, 6) is 0.168. The van der Waals surface area contributed by atoms with E-state index in [4.69, 9.17) is 0 Å². The highest BCUT2D eigenvalue weighted by atomic mass is 16.2. The lowest BCUT2D eigenvalue weighted by atomic mass is 10.2. The molecule has 1 aromatic heterocycles. The fourth-order valence-corrected chi connectivity index (χ4v) is 2.57. The van der Waals surface area contributed by atoms with Gasteiger partial charge in [0.15, 0.2) is 0 Å². The van der Waals surface area contributed by atoms with Gasteiger partial charge in [0, 0.05) is 31.9 Å². The minimum atomic E-state index is 0.168. The van der Waals surface area contributed by atoms with E-state index in [1.807, 2.05) is 35.6 Å². The second kappa shape index (κ2) is 5.57. The Morgan fingerprint density at radius 3 is 2.83 bits per heavy atom. The van der Waals surface area contributed by atoms with E-state index >= 15 is 0 Å². The Morgan fingerprint density at radius 2 is 2.33 bits per heavy atom. The normalized spacial score (nSPS) is 19.2. The third kappa shape index (κ3) is 2.43. The molecule has 2 rings (SSSR count). The van der Waals surface area contributed by atoms with Crippen molar-refractivity contribution in [1.82, 2.24) is 14.8 Å². The Labute approximate surface area is 109 Å². The molecule has 0 spiro atoms. The maximum absolute atomic E-state index is 12.6. The van der Waals surface area contributed by atoms with Crippen molar-refractivity contribution in [2.24, 2.45) is 7.05 Å². The number of rotatable bonds is 4. The number of aromatic nitrogens is 1. The number of nitrogens with zero attached hydrogens (tertiary/aromatic N) is 2. The summed E-state index contributed by atoms with van der Waals surface area (Å²) in [6.07, 6.45) is 2.07. The molecule has 1 unspecified atom stereocenters. The van der Waals surface area contributed by atoms with E-state index < -0.39 is 0 Å². The van der Waals surface area contributed by atoms with Gasteiger partial charge in [-0.3, -0.25) is 4.79 Å². The molecule has 18 heavy (non-hydrogen) atoms. The SMILES string of the molecule is CCCN(C(=O)c1ccc(C)n1C)C1CCNC1. The van der Waals surface area contributed by atoms with Crippen LogP contribution < -0.4 is 5.32 Å². The van der Waals surface area contributed by atoms with E-state index in [2.05, 4.69) is 12.2 Å². The fraction of sp³-hybridized carbons (Fsp3) is 0.643. The van der Waals surface area contributed by atoms with Gasteiger partial charge in [-0.25, -0.2) is 0 Å². The Morgan fingerprint density at radius 1 is 1.56 bits per heavy atom. The highest BCUT2D eigenvalue weighted by Crippen LogP contribution is 2.15. The van der Waals surface area contributed by atoms with Crippen molar-refractivity contribution in [3.8, 4) is 0 Å². The van der Waals surface area contributed by atoms with Gasteiger partial charge in [0.05, 0.1) is 0 Å². The highest BCUT2D eigenvalue weighted by molar-refractivity contribution is 5.93. The molecule has 4 heteroatoms. The predicted octanol–water partition coefficient (Wildman–Crippen LogP) is 1.55. The lowest BCUT2D eigenvalue weighted by Crippen LogP contribution is -2.42. The van der Waals surface area contributed by atoms with E-state index in [9.17, 15) is 4.79 Å². The molecular weight excluding hydrogens is 226 g/mol. The summed E-state index contributed by atoms with van der Waals surface area (Å²) in [5, 5.41) is 3.34. The average molecular weight is 249 g/mol. The van der Waals surface area contributed by atoms with E-state index in [1.165, 1.54) is 0 Å². The summed E-state index contributed by atoms with van der Waals surface area (Å²) in [6.45, 7) is 6.94. The second-order valence-corrected chi connectivity index (χ2v) is 5.06. The predicted molar refractivity (Wildman–Crippen MR) is 72.8 cm³/mol. The third-order valence-corrected chi connectivity index (χ3v) is 3.79. The molecular formula is C14H23N3O. The molecule has 1 aliphatic rings. The molecule has 0 aliphatic carbocycles. The first-order valence-corrected chi connectivity index (χ1v) is 6.79. The first-order chi connectivity index (χ1) is 8.65. The molecule has 1 amide bonds. The van der Waals surface area contributed by atoms with Gasteiger partial charge in [0.1, 0.15) is 5.69 Å². The Bertz CT molecular complexity index is 419. The van der Waals surface area contributed by atoms with Crippen LogP contribution in [0.25, 0.3) is 0 Å². The summed E-state index contributed by atoms with van der Waals surface area (Å²) < 4.78 is 1.98. The largest absolute Gasteiger partial charge is 0.344 e. The Hall–Kier alpha value is -1.29. The van der Waals surface area contributed by atoms with E-state index in [0.29, 0.717) is 6.04 Å². The maximum atomic E-state index is 12.6. The van der Waals surface area contributed by atoms with E-state index in [0.717, 1.165) is 43.9 Å². The first-order valence-electron chi connectivity index (χ1n) is 6.79. The summed E-state index contributed by atoms with van der Waals surface area (Å²) in [6, 6.07) is 4.29. The number of hydrogen-bond acceptors (Lipinski definition) is 2. The summed E-state index contributed by atoms with van der Waals surface area (Å²) in [5.41, 5.74) is 1.92. The number of amides is 1. The summed E-state index contributed by atoms with van der Waals surface area (Å²) >= 11 is 0. The molecule has 1 N–H and O–H groups in total. The highest BCUT2D eigenvalue weighted by Gasteiger charge is 2.27. The van der Waals surface area contributed by atoms with Crippen molar-refractivity contribution >= 4 is 5.91 Å². The van der Waals surface area contributed by atoms with Gasteiger partial charge in [0.25, 0.3) is 5.91 Å². The van der Waals surface area contributed by atoms with Crippen LogP contribution >= 0.6 is 0 Å². The molecule has 2 heterocycles. The number of nitrogens with one attached hydrogen (secondary N) is 1. The monoisotopic (exact) mass is 249 g/mol. The van der Waals surface area contributed by atoms with Crippen LogP contribution in [0.3, 0.4) is 0 Å². The van der Waals surface area contributed by atoms with Crippen molar-refractivity contribution in [1.29, 1.82) is 0 Å².